The van der Waals surface area contributed by atoms with Crippen molar-refractivity contribution in [2.75, 3.05) is 10.6 Å². The average Bonchev–Trinajstić information content (AvgIpc) is 2.88. The van der Waals surface area contributed by atoms with Crippen LogP contribution in [0.15, 0.2) is 48.5 Å². The Morgan fingerprint density at radius 1 is 0.756 bits per heavy atom. The van der Waals surface area contributed by atoms with Crippen LogP contribution in [-0.2, 0) is 11.6 Å². The van der Waals surface area contributed by atoms with E-state index in [1.165, 1.54) is 0 Å². The van der Waals surface area contributed by atoms with Crippen LogP contribution in [0, 0.1) is 0 Å². The second kappa shape index (κ2) is 11.9. The molecule has 0 aromatic heterocycles. The lowest BCUT2D eigenvalue weighted by molar-refractivity contribution is -0.348. The maximum atomic E-state index is 14.5. The molecule has 0 radical (unpaired) electrons. The summed E-state index contributed by atoms with van der Waals surface area (Å²) in [6.45, 7) is -3.99. The number of halogens is 9. The van der Waals surface area contributed by atoms with Gasteiger partial charge < -0.3 is 46.0 Å². The third-order valence-electron chi connectivity index (χ3n) is 5.86. The van der Waals surface area contributed by atoms with Crippen LogP contribution >= 0.6 is 0 Å². The first kappa shape index (κ1) is 34.5. The lowest BCUT2D eigenvalue weighted by Gasteiger charge is -2.31. The van der Waals surface area contributed by atoms with Crippen LogP contribution in [0.4, 0.5) is 50.9 Å². The van der Waals surface area contributed by atoms with Crippen molar-refractivity contribution < 1.29 is 84.5 Å². The summed E-state index contributed by atoms with van der Waals surface area (Å²) in [5.41, 5.74) is -12.8. The Balaban J connectivity index is 2.00. The number of carbonyl (C=O) groups is 2. The molecule has 11 nitrogen and oxygen atoms in total. The van der Waals surface area contributed by atoms with Gasteiger partial charge in [0.2, 0.25) is 0 Å². The SMILES string of the molecule is O=C(Nc1cccc(C(=O)Nc2c(O)cc(C(F)(C(F)(F)F)C(F)(F)F)cc2OC(F)F)c1O)c1ccc(O)c(C(O)(O)O)c1. The van der Waals surface area contributed by atoms with E-state index in [1.807, 2.05) is 0 Å². The molecule has 0 bridgehead atoms. The minimum absolute atomic E-state index is 0.447. The number of ether oxygens (including phenoxy) is 1. The summed E-state index contributed by atoms with van der Waals surface area (Å²) < 4.78 is 123. The van der Waals surface area contributed by atoms with Crippen molar-refractivity contribution in [2.24, 2.45) is 0 Å². The monoisotopic (exact) mass is 660 g/mol. The molecule has 0 aliphatic carbocycles. The predicted octanol–water partition coefficient (Wildman–Crippen LogP) is 4.29. The number of hydrogen-bond acceptors (Lipinski definition) is 9. The summed E-state index contributed by atoms with van der Waals surface area (Å²) in [5, 5.41) is 61.8. The normalized spacial score (nSPS) is 12.6. The lowest BCUT2D eigenvalue weighted by atomic mass is 9.93. The van der Waals surface area contributed by atoms with Crippen molar-refractivity contribution in [3.8, 4) is 23.0 Å². The molecule has 244 valence electrons. The third-order valence-corrected chi connectivity index (χ3v) is 5.86. The zero-order valence-electron chi connectivity index (χ0n) is 21.5. The molecule has 0 aliphatic heterocycles. The Morgan fingerprint density at radius 2 is 1.36 bits per heavy atom. The van der Waals surface area contributed by atoms with Crippen molar-refractivity contribution >= 4 is 23.2 Å². The maximum absolute atomic E-state index is 14.5. The second-order valence-electron chi connectivity index (χ2n) is 8.88. The summed E-state index contributed by atoms with van der Waals surface area (Å²) in [7, 11) is 0. The van der Waals surface area contributed by atoms with Gasteiger partial charge in [0.25, 0.3) is 11.8 Å². The highest BCUT2D eigenvalue weighted by atomic mass is 19.4. The van der Waals surface area contributed by atoms with Gasteiger partial charge in [0.15, 0.2) is 11.5 Å². The van der Waals surface area contributed by atoms with Gasteiger partial charge in [-0.25, -0.2) is 4.39 Å². The van der Waals surface area contributed by atoms with Gasteiger partial charge in [0, 0.05) is 11.1 Å². The summed E-state index contributed by atoms with van der Waals surface area (Å²) in [6, 6.07) is 4.19. The highest BCUT2D eigenvalue weighted by Gasteiger charge is 2.73. The van der Waals surface area contributed by atoms with E-state index in [0.717, 1.165) is 30.3 Å². The Bertz CT molecular complexity index is 1610. The van der Waals surface area contributed by atoms with Crippen molar-refractivity contribution in [1.82, 2.24) is 0 Å². The standard InChI is InChI=1S/C25H17F9N2O9/c26-21(27)45-16-8-10(22(28,24(29,30)31)25(32,33)34)7-15(38)17(16)36-20(41)11-2-1-3-13(18(11)39)35-19(40)9-4-5-14(37)12(6-9)23(42,43)44/h1-8,21,37-39,42-44H,(H,35,40)(H,36,41). The third kappa shape index (κ3) is 6.91. The molecule has 0 aliphatic rings. The molecule has 45 heavy (non-hydrogen) atoms. The molecule has 20 heteroatoms. The Kier molecular flexibility index (Phi) is 9.10. The van der Waals surface area contributed by atoms with E-state index < -0.39 is 111 Å². The van der Waals surface area contributed by atoms with Crippen LogP contribution in [-0.4, -0.2) is 61.4 Å². The number of phenols is 3. The zero-order valence-corrected chi connectivity index (χ0v) is 21.5. The molecule has 0 unspecified atom stereocenters. The number of phenolic OH excluding ortho intramolecular Hbond substituents is 3. The number of nitrogens with one attached hydrogen (secondary N) is 2. The summed E-state index contributed by atoms with van der Waals surface area (Å²) >= 11 is 0. The Morgan fingerprint density at radius 3 is 1.89 bits per heavy atom. The van der Waals surface area contributed by atoms with Crippen LogP contribution in [0.5, 0.6) is 23.0 Å². The number of carbonyl (C=O) groups excluding carboxylic acids is 2. The molecule has 0 fully saturated rings. The summed E-state index contributed by atoms with van der Waals surface area (Å²) in [5.74, 6) is -11.8. The number of benzene rings is 3. The topological polar surface area (TPSA) is 189 Å². The number of rotatable bonds is 8. The minimum Gasteiger partial charge on any atom is -0.507 e. The van der Waals surface area contributed by atoms with Crippen LogP contribution in [0.25, 0.3) is 0 Å². The quantitative estimate of drug-likeness (QED) is 0.0991. The van der Waals surface area contributed by atoms with Crippen LogP contribution in [0.3, 0.4) is 0 Å². The van der Waals surface area contributed by atoms with E-state index >= 15 is 0 Å². The molecule has 0 heterocycles. The van der Waals surface area contributed by atoms with Gasteiger partial charge in [-0.1, -0.05) is 6.07 Å². The van der Waals surface area contributed by atoms with Crippen molar-refractivity contribution in [2.45, 2.75) is 30.6 Å². The zero-order chi connectivity index (χ0) is 34.3. The fourth-order valence-corrected chi connectivity index (χ4v) is 3.75. The molecule has 3 aromatic carbocycles. The van der Waals surface area contributed by atoms with Crippen molar-refractivity contribution in [3.63, 3.8) is 0 Å². The van der Waals surface area contributed by atoms with E-state index in [-0.39, 0.29) is 0 Å². The van der Waals surface area contributed by atoms with E-state index in [2.05, 4.69) is 10.1 Å². The van der Waals surface area contributed by atoms with Gasteiger partial charge in [-0.3, -0.25) is 9.59 Å². The molecule has 3 aromatic rings. The number of anilines is 2. The van der Waals surface area contributed by atoms with E-state index in [0.29, 0.717) is 6.07 Å². The van der Waals surface area contributed by atoms with Crippen LogP contribution in [0.1, 0.15) is 31.8 Å². The van der Waals surface area contributed by atoms with Crippen molar-refractivity contribution in [1.29, 1.82) is 0 Å². The molecule has 0 atom stereocenters. The van der Waals surface area contributed by atoms with E-state index in [4.69, 9.17) is 0 Å². The number of para-hydroxylation sites is 1. The smallest absolute Gasteiger partial charge is 0.435 e. The fourth-order valence-electron chi connectivity index (χ4n) is 3.75. The summed E-state index contributed by atoms with van der Waals surface area (Å²) in [4.78, 5) is 25.5. The molecule has 0 saturated carbocycles. The predicted molar refractivity (Wildman–Crippen MR) is 130 cm³/mol. The molecule has 0 saturated heterocycles. The van der Waals surface area contributed by atoms with Gasteiger partial charge in [-0.2, -0.15) is 35.1 Å². The fraction of sp³-hybridized carbons (Fsp3) is 0.200. The number of amides is 2. The lowest BCUT2D eigenvalue weighted by Crippen LogP contribution is -2.50. The van der Waals surface area contributed by atoms with Gasteiger partial charge in [-0.15, -0.1) is 0 Å². The maximum Gasteiger partial charge on any atom is 0.435 e. The number of aliphatic hydroxyl groups is 3. The second-order valence-corrected chi connectivity index (χ2v) is 8.88. The van der Waals surface area contributed by atoms with Gasteiger partial charge >= 0.3 is 30.6 Å². The van der Waals surface area contributed by atoms with E-state index in [9.17, 15) is 79.7 Å². The van der Waals surface area contributed by atoms with Crippen LogP contribution < -0.4 is 15.4 Å². The van der Waals surface area contributed by atoms with Gasteiger partial charge in [0.1, 0.15) is 17.2 Å². The molecule has 8 N–H and O–H groups in total. The molecule has 3 rings (SSSR count). The van der Waals surface area contributed by atoms with Gasteiger partial charge in [-0.05, 0) is 42.5 Å². The average molecular weight is 660 g/mol. The largest absolute Gasteiger partial charge is 0.507 e. The molecule has 0 spiro atoms. The summed E-state index contributed by atoms with van der Waals surface area (Å²) in [6.07, 6.45) is -13.4. The highest BCUT2D eigenvalue weighted by Crippen LogP contribution is 2.55. The molecular formula is C25H17F9N2O9. The van der Waals surface area contributed by atoms with Crippen molar-refractivity contribution in [3.05, 3.63) is 70.8 Å². The minimum atomic E-state index is -6.71. The Labute approximate surface area is 243 Å². The van der Waals surface area contributed by atoms with E-state index in [1.54, 1.807) is 5.32 Å². The first-order chi connectivity index (χ1) is 20.5. The van der Waals surface area contributed by atoms with Crippen LogP contribution in [0.2, 0.25) is 0 Å². The number of hydrogen-bond donors (Lipinski definition) is 8. The number of alkyl halides is 9. The molecular weight excluding hydrogens is 643 g/mol. The number of aromatic hydroxyl groups is 3. The van der Waals surface area contributed by atoms with Gasteiger partial charge in [0.05, 0.1) is 16.8 Å². The molecule has 2 amide bonds. The highest BCUT2D eigenvalue weighted by molar-refractivity contribution is 6.11. The first-order valence-electron chi connectivity index (χ1n) is 11.6. The first-order valence-corrected chi connectivity index (χ1v) is 11.6. The Hall–Kier alpha value is -4.95.